The number of anilines is 1. The van der Waals surface area contributed by atoms with Crippen LogP contribution in [0.15, 0.2) is 42.5 Å². The SMILES string of the molecule is Nc1cc(F)cc(OCc2ccccc2)c1[N+](=O)[O-]. The number of rotatable bonds is 4. The summed E-state index contributed by atoms with van der Waals surface area (Å²) in [4.78, 5) is 10.2. The van der Waals surface area contributed by atoms with E-state index in [1.165, 1.54) is 0 Å². The van der Waals surface area contributed by atoms with Crippen LogP contribution in [0.1, 0.15) is 5.56 Å². The maximum atomic E-state index is 13.2. The summed E-state index contributed by atoms with van der Waals surface area (Å²) >= 11 is 0. The topological polar surface area (TPSA) is 78.4 Å². The van der Waals surface area contributed by atoms with Crippen LogP contribution >= 0.6 is 0 Å². The predicted molar refractivity (Wildman–Crippen MR) is 68.2 cm³/mol. The van der Waals surface area contributed by atoms with E-state index in [2.05, 4.69) is 0 Å². The molecular formula is C13H11FN2O3. The van der Waals surface area contributed by atoms with Crippen LogP contribution in [0.4, 0.5) is 15.8 Å². The minimum Gasteiger partial charge on any atom is -0.482 e. The van der Waals surface area contributed by atoms with Crippen molar-refractivity contribution in [1.82, 2.24) is 0 Å². The van der Waals surface area contributed by atoms with Gasteiger partial charge in [-0.3, -0.25) is 10.1 Å². The van der Waals surface area contributed by atoms with Gasteiger partial charge in [0, 0.05) is 12.1 Å². The number of nitrogen functional groups attached to an aromatic ring is 1. The molecule has 2 rings (SSSR count). The van der Waals surface area contributed by atoms with E-state index in [0.717, 1.165) is 17.7 Å². The zero-order valence-corrected chi connectivity index (χ0v) is 9.88. The van der Waals surface area contributed by atoms with Crippen molar-refractivity contribution in [2.24, 2.45) is 0 Å². The van der Waals surface area contributed by atoms with Gasteiger partial charge in [-0.25, -0.2) is 4.39 Å². The molecule has 0 radical (unpaired) electrons. The molecule has 0 heterocycles. The molecule has 19 heavy (non-hydrogen) atoms. The lowest BCUT2D eigenvalue weighted by Gasteiger charge is -2.08. The lowest BCUT2D eigenvalue weighted by Crippen LogP contribution is -2.03. The molecule has 2 aromatic carbocycles. The lowest BCUT2D eigenvalue weighted by atomic mass is 10.2. The minimum absolute atomic E-state index is 0.102. The van der Waals surface area contributed by atoms with Gasteiger partial charge in [-0.2, -0.15) is 0 Å². The van der Waals surface area contributed by atoms with E-state index in [0.29, 0.717) is 0 Å². The number of benzene rings is 2. The summed E-state index contributed by atoms with van der Waals surface area (Å²) in [6.45, 7) is 0.102. The highest BCUT2D eigenvalue weighted by molar-refractivity contribution is 5.66. The molecule has 0 fully saturated rings. The number of hydrogen-bond acceptors (Lipinski definition) is 4. The number of nitro benzene ring substituents is 1. The fourth-order valence-corrected chi connectivity index (χ4v) is 1.64. The first-order chi connectivity index (χ1) is 9.08. The molecular weight excluding hydrogens is 251 g/mol. The van der Waals surface area contributed by atoms with Crippen LogP contribution < -0.4 is 10.5 Å². The van der Waals surface area contributed by atoms with Crippen LogP contribution in [-0.2, 0) is 6.61 Å². The van der Waals surface area contributed by atoms with E-state index in [-0.39, 0.29) is 18.0 Å². The van der Waals surface area contributed by atoms with Crippen LogP contribution in [0.2, 0.25) is 0 Å². The van der Waals surface area contributed by atoms with E-state index in [4.69, 9.17) is 10.5 Å². The Kier molecular flexibility index (Phi) is 3.61. The van der Waals surface area contributed by atoms with Crippen molar-refractivity contribution in [2.75, 3.05) is 5.73 Å². The molecule has 5 nitrogen and oxygen atoms in total. The number of halogens is 1. The molecule has 0 atom stereocenters. The van der Waals surface area contributed by atoms with Crippen molar-refractivity contribution in [3.8, 4) is 5.75 Å². The quantitative estimate of drug-likeness (QED) is 0.522. The standard InChI is InChI=1S/C13H11FN2O3/c14-10-6-11(15)13(16(17)18)12(7-10)19-8-9-4-2-1-3-5-9/h1-7H,8,15H2. The van der Waals surface area contributed by atoms with Crippen molar-refractivity contribution in [1.29, 1.82) is 0 Å². The van der Waals surface area contributed by atoms with Gasteiger partial charge < -0.3 is 10.5 Å². The fraction of sp³-hybridized carbons (Fsp3) is 0.0769. The number of nitrogens with two attached hydrogens (primary N) is 1. The smallest absolute Gasteiger partial charge is 0.333 e. The highest BCUT2D eigenvalue weighted by atomic mass is 19.1. The van der Waals surface area contributed by atoms with Crippen LogP contribution in [0.25, 0.3) is 0 Å². The molecule has 2 aromatic rings. The van der Waals surface area contributed by atoms with Crippen LogP contribution in [0.5, 0.6) is 5.75 Å². The number of nitrogens with zero attached hydrogens (tertiary/aromatic N) is 1. The summed E-state index contributed by atoms with van der Waals surface area (Å²) in [5.41, 5.74) is 5.57. The molecule has 0 amide bonds. The Labute approximate surface area is 108 Å². The van der Waals surface area contributed by atoms with Crippen molar-refractivity contribution < 1.29 is 14.1 Å². The molecule has 0 aliphatic heterocycles. The Morgan fingerprint density at radius 2 is 1.95 bits per heavy atom. The molecule has 2 N–H and O–H groups in total. The van der Waals surface area contributed by atoms with Crippen LogP contribution in [0.3, 0.4) is 0 Å². The number of ether oxygens (including phenoxy) is 1. The second-order valence-corrected chi connectivity index (χ2v) is 3.87. The van der Waals surface area contributed by atoms with Crippen molar-refractivity contribution in [3.05, 3.63) is 64.0 Å². The fourth-order valence-electron chi connectivity index (χ4n) is 1.64. The minimum atomic E-state index is -0.685. The van der Waals surface area contributed by atoms with E-state index < -0.39 is 16.4 Å². The summed E-state index contributed by atoms with van der Waals surface area (Å²) in [5, 5.41) is 10.9. The third-order valence-corrected chi connectivity index (χ3v) is 2.49. The van der Waals surface area contributed by atoms with Gasteiger partial charge >= 0.3 is 5.69 Å². The third kappa shape index (κ3) is 2.98. The number of nitro groups is 1. The van der Waals surface area contributed by atoms with E-state index >= 15 is 0 Å². The molecule has 6 heteroatoms. The first-order valence-electron chi connectivity index (χ1n) is 5.48. The molecule has 0 aliphatic carbocycles. The van der Waals surface area contributed by atoms with Gasteiger partial charge in [0.25, 0.3) is 0 Å². The number of hydrogen-bond donors (Lipinski definition) is 1. The van der Waals surface area contributed by atoms with E-state index in [1.54, 1.807) is 12.1 Å². The largest absolute Gasteiger partial charge is 0.482 e. The second kappa shape index (κ2) is 5.34. The Hall–Kier alpha value is -2.63. The van der Waals surface area contributed by atoms with Crippen molar-refractivity contribution >= 4 is 11.4 Å². The maximum absolute atomic E-state index is 13.2. The Morgan fingerprint density at radius 1 is 1.26 bits per heavy atom. The van der Waals surface area contributed by atoms with E-state index in [1.807, 2.05) is 18.2 Å². The molecule has 0 saturated carbocycles. The highest BCUT2D eigenvalue weighted by Crippen LogP contribution is 2.34. The normalized spacial score (nSPS) is 10.2. The monoisotopic (exact) mass is 262 g/mol. The highest BCUT2D eigenvalue weighted by Gasteiger charge is 2.21. The van der Waals surface area contributed by atoms with Gasteiger partial charge in [-0.05, 0) is 5.56 Å². The molecule has 0 saturated heterocycles. The van der Waals surface area contributed by atoms with Crippen LogP contribution in [0, 0.1) is 15.9 Å². The van der Waals surface area contributed by atoms with E-state index in [9.17, 15) is 14.5 Å². The second-order valence-electron chi connectivity index (χ2n) is 3.87. The first kappa shape index (κ1) is 12.8. The van der Waals surface area contributed by atoms with Crippen LogP contribution in [-0.4, -0.2) is 4.92 Å². The van der Waals surface area contributed by atoms with Crippen molar-refractivity contribution in [3.63, 3.8) is 0 Å². The maximum Gasteiger partial charge on any atom is 0.333 e. The van der Waals surface area contributed by atoms with Gasteiger partial charge in [0.2, 0.25) is 5.75 Å². The molecule has 98 valence electrons. The Bertz CT molecular complexity index is 602. The Balaban J connectivity index is 2.27. The summed E-state index contributed by atoms with van der Waals surface area (Å²) in [7, 11) is 0. The molecule has 0 bridgehead atoms. The molecule has 0 unspecified atom stereocenters. The molecule has 0 aromatic heterocycles. The average Bonchev–Trinajstić information content (AvgIpc) is 2.36. The summed E-state index contributed by atoms with van der Waals surface area (Å²) < 4.78 is 18.5. The van der Waals surface area contributed by atoms with Gasteiger partial charge in [-0.1, -0.05) is 30.3 Å². The summed E-state index contributed by atoms with van der Waals surface area (Å²) in [6, 6.07) is 10.9. The molecule has 0 aliphatic rings. The van der Waals surface area contributed by atoms with Crippen molar-refractivity contribution in [2.45, 2.75) is 6.61 Å². The van der Waals surface area contributed by atoms with Gasteiger partial charge in [0.1, 0.15) is 18.1 Å². The zero-order valence-electron chi connectivity index (χ0n) is 9.88. The third-order valence-electron chi connectivity index (χ3n) is 2.49. The first-order valence-corrected chi connectivity index (χ1v) is 5.48. The summed E-state index contributed by atoms with van der Waals surface area (Å²) in [5.74, 6) is -0.850. The molecule has 0 spiro atoms. The van der Waals surface area contributed by atoms with Gasteiger partial charge in [0.05, 0.1) is 4.92 Å². The van der Waals surface area contributed by atoms with Gasteiger partial charge in [-0.15, -0.1) is 0 Å². The predicted octanol–water partition coefficient (Wildman–Crippen LogP) is 2.90. The summed E-state index contributed by atoms with van der Waals surface area (Å²) in [6.07, 6.45) is 0. The van der Waals surface area contributed by atoms with Gasteiger partial charge in [0.15, 0.2) is 0 Å². The average molecular weight is 262 g/mol. The lowest BCUT2D eigenvalue weighted by molar-refractivity contribution is -0.385. The zero-order chi connectivity index (χ0) is 13.8. The Morgan fingerprint density at radius 3 is 2.58 bits per heavy atom.